The number of aromatic nitrogens is 3. The van der Waals surface area contributed by atoms with E-state index in [-0.39, 0.29) is 111 Å². The van der Waals surface area contributed by atoms with Gasteiger partial charge in [-0.05, 0) is 214 Å². The molecule has 0 fully saturated rings. The van der Waals surface area contributed by atoms with Crippen LogP contribution in [0.2, 0.25) is 0 Å². The molecule has 132 heavy (non-hydrogen) atoms. The van der Waals surface area contributed by atoms with Gasteiger partial charge in [0.05, 0.1) is 33.8 Å². The van der Waals surface area contributed by atoms with Gasteiger partial charge in [0, 0.05) is 124 Å². The van der Waals surface area contributed by atoms with Crippen molar-refractivity contribution in [2.24, 2.45) is 11.8 Å². The maximum absolute atomic E-state index is 11.2. The maximum atomic E-state index is 11.2. The van der Waals surface area contributed by atoms with Crippen LogP contribution in [0.3, 0.4) is 0 Å². The van der Waals surface area contributed by atoms with Crippen molar-refractivity contribution in [3.05, 3.63) is 374 Å². The average molecular weight is 2280 g/mol. The fourth-order valence-electron chi connectivity index (χ4n) is 18.7. The van der Waals surface area contributed by atoms with Gasteiger partial charge in [-0.15, -0.1) is 105 Å². The van der Waals surface area contributed by atoms with Gasteiger partial charge in [-0.3, -0.25) is 29.3 Å². The van der Waals surface area contributed by atoms with E-state index >= 15 is 0 Å². The molecule has 0 amide bonds. The van der Waals surface area contributed by atoms with E-state index in [0.29, 0.717) is 24.7 Å². The van der Waals surface area contributed by atoms with Gasteiger partial charge < -0.3 is 15.3 Å². The fourth-order valence-corrected chi connectivity index (χ4v) is 18.7. The summed E-state index contributed by atoms with van der Waals surface area (Å²) in [6.07, 6.45) is 4.80. The van der Waals surface area contributed by atoms with E-state index < -0.39 is 0 Å². The Morgan fingerprint density at radius 3 is 0.917 bits per heavy atom. The Balaban J connectivity index is 0.000000178. The Morgan fingerprint density at radius 1 is 0.311 bits per heavy atom. The third kappa shape index (κ3) is 23.5. The van der Waals surface area contributed by atoms with Gasteiger partial charge >= 0.3 is 0 Å². The molecule has 18 rings (SSSR count). The number of hydrogen-bond donors (Lipinski definition) is 3. The van der Waals surface area contributed by atoms with Crippen molar-refractivity contribution in [2.75, 3.05) is 0 Å². The maximum Gasteiger partial charge on any atom is 0.159 e. The van der Waals surface area contributed by atoms with Gasteiger partial charge in [0.15, 0.2) is 17.3 Å². The van der Waals surface area contributed by atoms with E-state index in [0.717, 1.165) is 67.0 Å². The number of aryl methyl sites for hydroxylation is 9. The summed E-state index contributed by atoms with van der Waals surface area (Å²) < 4.78 is 0. The number of carbonyl (C=O) groups excluding carboxylic acids is 3. The summed E-state index contributed by atoms with van der Waals surface area (Å²) in [6, 6.07) is 97.3. The van der Waals surface area contributed by atoms with Crippen LogP contribution >= 0.6 is 0 Å². The summed E-state index contributed by atoms with van der Waals surface area (Å²) in [5.74, 6) is 0.854. The van der Waals surface area contributed by atoms with E-state index in [9.17, 15) is 19.5 Å². The van der Waals surface area contributed by atoms with Crippen molar-refractivity contribution < 1.29 is 90.0 Å². The zero-order valence-corrected chi connectivity index (χ0v) is 87.4. The van der Waals surface area contributed by atoms with Crippen LogP contribution in [0.15, 0.2) is 272 Å². The first-order valence-electron chi connectivity index (χ1n) is 44.8. The molecule has 0 saturated carbocycles. The molecule has 12 heteroatoms. The number of aliphatic hydroxyl groups excluding tert-OH is 3. The predicted octanol–water partition coefficient (Wildman–Crippen LogP) is 31.0. The first-order chi connectivity index (χ1) is 61.1. The van der Waals surface area contributed by atoms with E-state index in [1.807, 2.05) is 27.7 Å². The van der Waals surface area contributed by atoms with Gasteiger partial charge in [-0.25, -0.2) is 0 Å². The zero-order valence-electron chi connectivity index (χ0n) is 80.2. The molecule has 3 aliphatic carbocycles. The molecule has 15 aromatic rings. The van der Waals surface area contributed by atoms with Crippen LogP contribution < -0.4 is 0 Å². The molecule has 3 radical (unpaired) electrons. The minimum absolute atomic E-state index is 0. The van der Waals surface area contributed by atoms with Crippen LogP contribution in [0.25, 0.3) is 133 Å². The van der Waals surface area contributed by atoms with E-state index in [1.54, 1.807) is 0 Å². The summed E-state index contributed by atoms with van der Waals surface area (Å²) >= 11 is 0. The monoisotopic (exact) mass is 2280 g/mol. The zero-order chi connectivity index (χ0) is 93.0. The summed E-state index contributed by atoms with van der Waals surface area (Å²) in [5.41, 5.74) is 43.6. The number of hydrogen-bond acceptors (Lipinski definition) is 9. The number of ketones is 3. The molecule has 0 atom stereocenters. The SMILES string of the molecule is CC(=O)C=C(C)O.CC(=O)C=C(C)O.CC(C)CC(=O)C=C(O)CC(C)C.Cc1[c-]c(-c2cc(-c3cc(C)cc(C)c3)c3cc4c(cc3n2)C(C)(C)c2ccccc2-4)cc(C)c1.Cc1[c-]c(-c2cc(-c3ccc(C)cc3)c3cc4c(cc3n2)C(C)(C)c2ccccc2-4)cc(C)c1.Cc1[c-]c(-c2cc(-c3ccccc3)c3cc4c(cc3n2)C(C)(C)c2ccccc2-4)cc(C)c1.[Ir].[Ir].[Ir]. The summed E-state index contributed by atoms with van der Waals surface area (Å²) in [4.78, 5) is 46.9. The quantitative estimate of drug-likeness (QED) is 0.0582. The van der Waals surface area contributed by atoms with Gasteiger partial charge in [0.1, 0.15) is 0 Å². The molecular formula is C120H120Ir3N3O6-3. The summed E-state index contributed by atoms with van der Waals surface area (Å²) in [7, 11) is 0. The van der Waals surface area contributed by atoms with Crippen molar-refractivity contribution in [3.8, 4) is 101 Å². The topological polar surface area (TPSA) is 151 Å². The van der Waals surface area contributed by atoms with Gasteiger partial charge in [-0.2, -0.15) is 0 Å². The Morgan fingerprint density at radius 2 is 0.614 bits per heavy atom. The number of allylic oxidation sites excluding steroid dienone is 6. The molecular weight excluding hydrogens is 2160 g/mol. The Kier molecular flexibility index (Phi) is 33.4. The van der Waals surface area contributed by atoms with Crippen molar-refractivity contribution in [1.82, 2.24) is 15.0 Å². The van der Waals surface area contributed by atoms with Crippen LogP contribution in [0.4, 0.5) is 0 Å². The van der Waals surface area contributed by atoms with Crippen molar-refractivity contribution in [1.29, 1.82) is 0 Å². The molecule has 3 heterocycles. The molecule has 12 aromatic carbocycles. The van der Waals surface area contributed by atoms with Crippen molar-refractivity contribution in [2.45, 2.75) is 188 Å². The second-order valence-corrected chi connectivity index (χ2v) is 37.9. The predicted molar refractivity (Wildman–Crippen MR) is 538 cm³/mol. The molecule has 0 aliphatic heterocycles. The van der Waals surface area contributed by atoms with Crippen LogP contribution in [-0.2, 0) is 90.9 Å². The minimum Gasteiger partial charge on any atom is -0.512 e. The molecule has 0 unspecified atom stereocenters. The van der Waals surface area contributed by atoms with Crippen LogP contribution in [0.5, 0.6) is 0 Å². The molecule has 0 saturated heterocycles. The molecule has 0 bridgehead atoms. The number of pyridine rings is 3. The first kappa shape index (κ1) is 103. The second kappa shape index (κ2) is 43.0. The second-order valence-electron chi connectivity index (χ2n) is 37.9. The Bertz CT molecular complexity index is 6850. The van der Waals surface area contributed by atoms with E-state index in [2.05, 4.69) is 359 Å². The molecule has 3 aliphatic rings. The fraction of sp³-hybridized carbons (Fsp3) is 0.250. The van der Waals surface area contributed by atoms with Gasteiger partial charge in [-0.1, -0.05) is 291 Å². The molecule has 681 valence electrons. The van der Waals surface area contributed by atoms with Gasteiger partial charge in [0.2, 0.25) is 0 Å². The normalized spacial score (nSPS) is 13.0. The van der Waals surface area contributed by atoms with Crippen molar-refractivity contribution >= 4 is 50.1 Å². The number of benzene rings is 12. The number of carbonyl (C=O) groups is 3. The summed E-state index contributed by atoms with van der Waals surface area (Å²) in [6.45, 7) is 46.9. The van der Waals surface area contributed by atoms with E-state index in [1.165, 1.54) is 196 Å². The van der Waals surface area contributed by atoms with Gasteiger partial charge in [0.25, 0.3) is 0 Å². The van der Waals surface area contributed by atoms with E-state index in [4.69, 9.17) is 25.2 Å². The molecule has 0 spiro atoms. The Hall–Kier alpha value is -11.6. The largest absolute Gasteiger partial charge is 0.512 e. The molecule has 9 nitrogen and oxygen atoms in total. The first-order valence-corrected chi connectivity index (χ1v) is 44.8. The molecule has 3 aromatic heterocycles. The van der Waals surface area contributed by atoms with Crippen LogP contribution in [0.1, 0.15) is 193 Å². The smallest absolute Gasteiger partial charge is 0.159 e. The average Bonchev–Trinajstić information content (AvgIpc) is 1.57. The third-order valence-corrected chi connectivity index (χ3v) is 24.2. The van der Waals surface area contributed by atoms with Crippen LogP contribution in [0, 0.1) is 92.3 Å². The number of rotatable bonds is 13. The number of nitrogens with zero attached hydrogens (tertiary/aromatic N) is 3. The standard InChI is InChI=1S/C34H30N.C33H28N.C32H26N.C11H20O2.2C5H8O2.3Ir/c1-20-11-21(2)14-24(13-20)27-18-32(25-15-22(3)12-23(4)16-25)35-33-19-31-28(17-29(27)33)26-9-7-8-10-30(26)34(31,5)6;1-20-10-12-23(13-11-20)26-18-31(24-15-21(2)14-22(3)16-24)34-32-19-30-27(17-28(26)32)25-8-6-7-9-29(25)33(30,4)5;1-20-14-21(2)16-23(15-20)30-18-25(22-10-6-5-7-11-22)27-17-26-24-12-8-9-13-28(24)32(3,4)29(26)19-31(27)33-30;1-8(2)5-10(12)7-11(13)6-9(3)4;2*1-4(6)3-5(2)7;;;/h7-15,17-19H,1-6H3;6-15,17-19H,1-5H3;5-15,17-19H,1-4H3;7-9,12H,5-6H2,1-4H3;2*3,6H,1-2H3;;;/q3*-1;;;;;;. The summed E-state index contributed by atoms with van der Waals surface area (Å²) in [5, 5.41) is 29.7. The minimum atomic E-state index is -0.125. The van der Waals surface area contributed by atoms with Crippen molar-refractivity contribution in [3.63, 3.8) is 0 Å². The third-order valence-electron chi connectivity index (χ3n) is 24.2. The van der Waals surface area contributed by atoms with Crippen LogP contribution in [-0.4, -0.2) is 47.6 Å². The molecule has 3 N–H and O–H groups in total. The number of aliphatic hydroxyl groups is 3. The number of fused-ring (bicyclic) bond motifs is 12. The Labute approximate surface area is 822 Å².